The van der Waals surface area contributed by atoms with Gasteiger partial charge in [-0.2, -0.15) is 0 Å². The molecule has 1 amide bonds. The Kier molecular flexibility index (Phi) is 4.74. The van der Waals surface area contributed by atoms with Crippen LogP contribution in [0.5, 0.6) is 0 Å². The first kappa shape index (κ1) is 12.2. The van der Waals surface area contributed by atoms with Gasteiger partial charge in [0.15, 0.2) is 0 Å². The van der Waals surface area contributed by atoms with Gasteiger partial charge in [-0.1, -0.05) is 26.8 Å². The molecule has 0 saturated heterocycles. The van der Waals surface area contributed by atoms with Gasteiger partial charge in [-0.15, -0.1) is 0 Å². The third-order valence-corrected chi connectivity index (χ3v) is 3.02. The Morgan fingerprint density at radius 3 is 1.85 bits per heavy atom. The zero-order valence-corrected chi connectivity index (χ0v) is 9.18. The van der Waals surface area contributed by atoms with Gasteiger partial charge in [-0.3, -0.25) is 4.79 Å². The van der Waals surface area contributed by atoms with Crippen LogP contribution < -0.4 is 5.73 Å². The molecule has 0 aliphatic carbocycles. The van der Waals surface area contributed by atoms with Crippen LogP contribution in [-0.4, -0.2) is 5.91 Å². The fourth-order valence-corrected chi connectivity index (χ4v) is 1.59. The fourth-order valence-electron chi connectivity index (χ4n) is 1.59. The second-order valence-electron chi connectivity index (χ2n) is 3.61. The van der Waals surface area contributed by atoms with Crippen molar-refractivity contribution in [1.29, 1.82) is 0 Å². The van der Waals surface area contributed by atoms with Gasteiger partial charge in [0.25, 0.3) is 0 Å². The lowest BCUT2D eigenvalue weighted by Crippen LogP contribution is -2.19. The number of carbonyl (C=O) groups excluding carboxylic acids is 1. The molecule has 0 aliphatic rings. The van der Waals surface area contributed by atoms with Crippen molar-refractivity contribution < 1.29 is 4.79 Å². The summed E-state index contributed by atoms with van der Waals surface area (Å²) in [6.45, 7) is 8.24. The Labute approximate surface area is 81.2 Å². The van der Waals surface area contributed by atoms with E-state index in [1.54, 1.807) is 6.92 Å². The highest BCUT2D eigenvalue weighted by Crippen LogP contribution is 2.32. The molecule has 0 fully saturated rings. The minimum absolute atomic E-state index is 0.166. The third-order valence-electron chi connectivity index (χ3n) is 3.02. The summed E-state index contributed by atoms with van der Waals surface area (Å²) in [4.78, 5) is 10.9. The number of nitrogens with two attached hydrogens (primary N) is 1. The second kappa shape index (κ2) is 5.05. The van der Waals surface area contributed by atoms with Crippen molar-refractivity contribution in [3.05, 3.63) is 11.6 Å². The Balaban J connectivity index is 4.76. The van der Waals surface area contributed by atoms with E-state index in [1.807, 2.05) is 6.08 Å². The minimum Gasteiger partial charge on any atom is -0.366 e. The molecule has 2 heteroatoms. The number of amides is 1. The minimum atomic E-state index is -0.306. The van der Waals surface area contributed by atoms with Gasteiger partial charge in [0.1, 0.15) is 0 Å². The smallest absolute Gasteiger partial charge is 0.244 e. The number of allylic oxidation sites excluding steroid dienone is 1. The molecule has 0 atom stereocenters. The number of primary amides is 1. The number of hydrogen-bond donors (Lipinski definition) is 1. The van der Waals surface area contributed by atoms with Crippen molar-refractivity contribution in [2.24, 2.45) is 11.1 Å². The molecule has 0 rings (SSSR count). The van der Waals surface area contributed by atoms with Crippen LogP contribution in [0.4, 0.5) is 0 Å². The quantitative estimate of drug-likeness (QED) is 0.654. The third kappa shape index (κ3) is 3.21. The summed E-state index contributed by atoms with van der Waals surface area (Å²) in [6, 6.07) is 0. The molecule has 0 aromatic carbocycles. The lowest BCUT2D eigenvalue weighted by atomic mass is 9.78. The maximum atomic E-state index is 10.9. The SMILES string of the molecule is CCC(C=C(C)C(N)=O)(CC)CC. The normalized spacial score (nSPS) is 13.1. The van der Waals surface area contributed by atoms with Gasteiger partial charge in [0, 0.05) is 5.57 Å². The summed E-state index contributed by atoms with van der Waals surface area (Å²) in [7, 11) is 0. The number of hydrogen-bond acceptors (Lipinski definition) is 1. The summed E-state index contributed by atoms with van der Waals surface area (Å²) < 4.78 is 0. The van der Waals surface area contributed by atoms with E-state index in [-0.39, 0.29) is 11.3 Å². The van der Waals surface area contributed by atoms with E-state index in [1.165, 1.54) is 0 Å². The largest absolute Gasteiger partial charge is 0.366 e. The maximum absolute atomic E-state index is 10.9. The van der Waals surface area contributed by atoms with Gasteiger partial charge < -0.3 is 5.73 Å². The zero-order chi connectivity index (χ0) is 10.5. The fraction of sp³-hybridized carbons (Fsp3) is 0.727. The van der Waals surface area contributed by atoms with E-state index in [0.29, 0.717) is 5.57 Å². The van der Waals surface area contributed by atoms with Crippen LogP contribution in [0.1, 0.15) is 47.0 Å². The van der Waals surface area contributed by atoms with Crippen LogP contribution in [0.25, 0.3) is 0 Å². The molecule has 2 N–H and O–H groups in total. The topological polar surface area (TPSA) is 43.1 Å². The molecule has 13 heavy (non-hydrogen) atoms. The van der Waals surface area contributed by atoms with E-state index >= 15 is 0 Å². The first-order valence-electron chi connectivity index (χ1n) is 5.00. The van der Waals surface area contributed by atoms with Crippen LogP contribution in [0.2, 0.25) is 0 Å². The molecular weight excluding hydrogens is 162 g/mol. The highest BCUT2D eigenvalue weighted by Gasteiger charge is 2.21. The zero-order valence-electron chi connectivity index (χ0n) is 9.18. The lowest BCUT2D eigenvalue weighted by molar-refractivity contribution is -0.114. The molecule has 0 heterocycles. The van der Waals surface area contributed by atoms with Crippen molar-refractivity contribution in [2.45, 2.75) is 47.0 Å². The van der Waals surface area contributed by atoms with E-state index in [9.17, 15) is 4.79 Å². The summed E-state index contributed by atoms with van der Waals surface area (Å²) in [6.07, 6.45) is 5.22. The van der Waals surface area contributed by atoms with Crippen molar-refractivity contribution in [1.82, 2.24) is 0 Å². The van der Waals surface area contributed by atoms with Gasteiger partial charge in [0.05, 0.1) is 0 Å². The molecule has 0 spiro atoms. The van der Waals surface area contributed by atoms with Gasteiger partial charge in [0.2, 0.25) is 5.91 Å². The molecule has 0 bridgehead atoms. The first-order chi connectivity index (χ1) is 6.01. The monoisotopic (exact) mass is 183 g/mol. The summed E-state index contributed by atoms with van der Waals surface area (Å²) in [5.41, 5.74) is 6.05. The molecule has 0 saturated carbocycles. The van der Waals surface area contributed by atoms with Crippen molar-refractivity contribution in [3.8, 4) is 0 Å². The highest BCUT2D eigenvalue weighted by molar-refractivity contribution is 5.91. The van der Waals surface area contributed by atoms with Crippen LogP contribution in [0.3, 0.4) is 0 Å². The Bertz CT molecular complexity index is 194. The maximum Gasteiger partial charge on any atom is 0.244 e. The van der Waals surface area contributed by atoms with E-state index in [4.69, 9.17) is 5.73 Å². The standard InChI is InChI=1S/C11H21NO/c1-5-11(6-2,7-3)8-9(4)10(12)13/h8H,5-7H2,1-4H3,(H2,12,13). The predicted octanol–water partition coefficient (Wildman–Crippen LogP) is 2.63. The molecule has 0 aromatic heterocycles. The summed E-state index contributed by atoms with van der Waals surface area (Å²) in [5.74, 6) is -0.306. The summed E-state index contributed by atoms with van der Waals surface area (Å²) in [5, 5.41) is 0. The average molecular weight is 183 g/mol. The van der Waals surface area contributed by atoms with Crippen LogP contribution in [-0.2, 0) is 4.79 Å². The Hall–Kier alpha value is -0.790. The van der Waals surface area contributed by atoms with Crippen molar-refractivity contribution in [3.63, 3.8) is 0 Å². The number of carbonyl (C=O) groups is 1. The highest BCUT2D eigenvalue weighted by atomic mass is 16.1. The molecule has 0 unspecified atom stereocenters. The van der Waals surface area contributed by atoms with Crippen molar-refractivity contribution in [2.75, 3.05) is 0 Å². The molecular formula is C11H21NO. The Morgan fingerprint density at radius 1 is 1.23 bits per heavy atom. The van der Waals surface area contributed by atoms with Crippen molar-refractivity contribution >= 4 is 5.91 Å². The lowest BCUT2D eigenvalue weighted by Gasteiger charge is -2.27. The van der Waals surface area contributed by atoms with E-state index in [0.717, 1.165) is 19.3 Å². The first-order valence-corrected chi connectivity index (χ1v) is 5.00. The molecule has 2 nitrogen and oxygen atoms in total. The van der Waals surface area contributed by atoms with Crippen LogP contribution in [0.15, 0.2) is 11.6 Å². The number of rotatable bonds is 5. The van der Waals surface area contributed by atoms with Gasteiger partial charge in [-0.05, 0) is 31.6 Å². The molecule has 0 radical (unpaired) electrons. The molecule has 76 valence electrons. The summed E-state index contributed by atoms with van der Waals surface area (Å²) >= 11 is 0. The van der Waals surface area contributed by atoms with Gasteiger partial charge in [-0.25, -0.2) is 0 Å². The second-order valence-corrected chi connectivity index (χ2v) is 3.61. The Morgan fingerprint density at radius 2 is 1.62 bits per heavy atom. The van der Waals surface area contributed by atoms with E-state index in [2.05, 4.69) is 20.8 Å². The average Bonchev–Trinajstić information content (AvgIpc) is 2.14. The molecule has 0 aliphatic heterocycles. The predicted molar refractivity (Wildman–Crippen MR) is 56.3 cm³/mol. The van der Waals surface area contributed by atoms with Crippen LogP contribution in [0, 0.1) is 5.41 Å². The van der Waals surface area contributed by atoms with Crippen LogP contribution >= 0.6 is 0 Å². The van der Waals surface area contributed by atoms with Gasteiger partial charge >= 0.3 is 0 Å². The van der Waals surface area contributed by atoms with E-state index < -0.39 is 0 Å². The molecule has 0 aromatic rings.